The molecule has 0 saturated carbocycles. The normalized spacial score (nSPS) is 20.8. The molecular formula is C31H32ClFN4O2. The van der Waals surface area contributed by atoms with Gasteiger partial charge >= 0.3 is 0 Å². The van der Waals surface area contributed by atoms with Crippen LogP contribution in [-0.4, -0.2) is 48.1 Å². The van der Waals surface area contributed by atoms with E-state index >= 15 is 0 Å². The van der Waals surface area contributed by atoms with Gasteiger partial charge in [0.05, 0.1) is 11.7 Å². The maximum absolute atomic E-state index is 13.8. The average molecular weight is 547 g/mol. The van der Waals surface area contributed by atoms with Crippen molar-refractivity contribution < 1.29 is 13.9 Å². The highest BCUT2D eigenvalue weighted by Gasteiger charge is 2.38. The van der Waals surface area contributed by atoms with Crippen LogP contribution in [0.15, 0.2) is 66.9 Å². The van der Waals surface area contributed by atoms with Gasteiger partial charge in [0.2, 0.25) is 5.91 Å². The number of halogens is 2. The Kier molecular flexibility index (Phi) is 8.33. The fraction of sp³-hybridized carbons (Fsp3) is 0.387. The molecule has 2 fully saturated rings. The first-order valence-corrected chi connectivity index (χ1v) is 13.9. The highest BCUT2D eigenvalue weighted by atomic mass is 35.5. The molecule has 202 valence electrons. The molecule has 0 unspecified atom stereocenters. The van der Waals surface area contributed by atoms with Gasteiger partial charge in [-0.2, -0.15) is 5.26 Å². The molecule has 3 atom stereocenters. The molecule has 0 bridgehead atoms. The molecule has 6 nitrogen and oxygen atoms in total. The lowest BCUT2D eigenvalue weighted by Gasteiger charge is -2.43. The first kappa shape index (κ1) is 27.0. The average Bonchev–Trinajstić information content (AvgIpc) is 2.97. The van der Waals surface area contributed by atoms with Gasteiger partial charge in [-0.15, -0.1) is 0 Å². The molecule has 0 aliphatic carbocycles. The van der Waals surface area contributed by atoms with E-state index in [4.69, 9.17) is 21.6 Å². The van der Waals surface area contributed by atoms with Crippen LogP contribution in [0.5, 0.6) is 5.75 Å². The van der Waals surface area contributed by atoms with E-state index in [1.165, 1.54) is 12.1 Å². The van der Waals surface area contributed by atoms with E-state index in [-0.39, 0.29) is 35.6 Å². The Morgan fingerprint density at radius 2 is 1.87 bits per heavy atom. The predicted molar refractivity (Wildman–Crippen MR) is 149 cm³/mol. The van der Waals surface area contributed by atoms with Crippen LogP contribution in [0, 0.1) is 29.0 Å². The van der Waals surface area contributed by atoms with Crippen molar-refractivity contribution in [3.63, 3.8) is 0 Å². The number of benzene rings is 2. The van der Waals surface area contributed by atoms with Gasteiger partial charge < -0.3 is 14.5 Å². The largest absolute Gasteiger partial charge is 0.490 e. The monoisotopic (exact) mass is 546 g/mol. The molecule has 39 heavy (non-hydrogen) atoms. The Labute approximate surface area is 234 Å². The molecule has 1 aromatic heterocycles. The molecule has 0 spiro atoms. The van der Waals surface area contributed by atoms with E-state index in [9.17, 15) is 9.18 Å². The third-order valence-electron chi connectivity index (χ3n) is 8.04. The Balaban J connectivity index is 1.26. The third-order valence-corrected chi connectivity index (χ3v) is 8.29. The number of hydrogen-bond acceptors (Lipinski definition) is 5. The number of carbonyl (C=O) groups is 1. The molecule has 3 aromatic rings. The summed E-state index contributed by atoms with van der Waals surface area (Å²) in [4.78, 5) is 22.3. The van der Waals surface area contributed by atoms with Crippen molar-refractivity contribution in [3.8, 4) is 11.8 Å². The standard InChI is InChI=1S/C31H32ClFN4O2/c1-21(39-27-4-2-3-26(33)17-27)28-13-16-37(20-29(28)23-6-8-25(32)9-7-23)31(38)24-11-14-36(15-12-24)30-10-5-22(18-34)19-35-30/h2-10,17,19,21,24,28-29H,11-16,20H2,1H3/t21-,28+,29+/m0/s1. The quantitative estimate of drug-likeness (QED) is 0.376. The fourth-order valence-corrected chi connectivity index (χ4v) is 6.02. The zero-order valence-electron chi connectivity index (χ0n) is 22.0. The number of rotatable bonds is 6. The lowest BCUT2D eigenvalue weighted by atomic mass is 9.77. The van der Waals surface area contributed by atoms with Crippen LogP contribution in [0.1, 0.15) is 43.2 Å². The number of aromatic nitrogens is 1. The van der Waals surface area contributed by atoms with Crippen molar-refractivity contribution in [2.75, 3.05) is 31.1 Å². The minimum Gasteiger partial charge on any atom is -0.490 e. The zero-order valence-corrected chi connectivity index (χ0v) is 22.7. The van der Waals surface area contributed by atoms with Crippen LogP contribution >= 0.6 is 11.6 Å². The summed E-state index contributed by atoms with van der Waals surface area (Å²) in [6.45, 7) is 4.82. The molecule has 2 aromatic carbocycles. The van der Waals surface area contributed by atoms with Crippen LogP contribution in [0.25, 0.3) is 0 Å². The van der Waals surface area contributed by atoms with Crippen molar-refractivity contribution >= 4 is 23.3 Å². The summed E-state index contributed by atoms with van der Waals surface area (Å²) in [5.74, 6) is 1.45. The summed E-state index contributed by atoms with van der Waals surface area (Å²) in [6.07, 6.45) is 3.76. The molecule has 2 saturated heterocycles. The van der Waals surface area contributed by atoms with E-state index in [2.05, 4.69) is 16.0 Å². The number of nitriles is 1. The number of pyridine rings is 1. The van der Waals surface area contributed by atoms with E-state index in [0.29, 0.717) is 29.4 Å². The number of carbonyl (C=O) groups excluding carboxylic acids is 1. The van der Waals surface area contributed by atoms with Crippen LogP contribution < -0.4 is 9.64 Å². The number of ether oxygens (including phenoxy) is 1. The van der Waals surface area contributed by atoms with Crippen molar-refractivity contribution in [2.24, 2.45) is 11.8 Å². The second-order valence-corrected chi connectivity index (χ2v) is 10.9. The lowest BCUT2D eigenvalue weighted by molar-refractivity contribution is -0.138. The summed E-state index contributed by atoms with van der Waals surface area (Å²) in [7, 11) is 0. The van der Waals surface area contributed by atoms with Gasteiger partial charge in [-0.05, 0) is 68.1 Å². The van der Waals surface area contributed by atoms with Gasteiger partial charge in [0.15, 0.2) is 0 Å². The number of amides is 1. The SMILES string of the molecule is C[C@H](Oc1cccc(F)c1)[C@H]1CCN(C(=O)C2CCN(c3ccc(C#N)cn3)CC2)C[C@@H]1c1ccc(Cl)cc1. The molecule has 1 amide bonds. The van der Waals surface area contributed by atoms with Crippen LogP contribution in [0.4, 0.5) is 10.2 Å². The van der Waals surface area contributed by atoms with Crippen molar-refractivity contribution in [1.82, 2.24) is 9.88 Å². The Hall–Kier alpha value is -3.63. The second-order valence-electron chi connectivity index (χ2n) is 10.5. The van der Waals surface area contributed by atoms with Crippen molar-refractivity contribution in [3.05, 3.63) is 88.8 Å². The number of nitrogens with zero attached hydrogens (tertiary/aromatic N) is 4. The van der Waals surface area contributed by atoms with Gasteiger partial charge in [-0.3, -0.25) is 4.79 Å². The van der Waals surface area contributed by atoms with Crippen LogP contribution in [0.2, 0.25) is 5.02 Å². The topological polar surface area (TPSA) is 69.5 Å². The third kappa shape index (κ3) is 6.34. The second kappa shape index (κ2) is 12.0. The first-order valence-electron chi connectivity index (χ1n) is 13.5. The summed E-state index contributed by atoms with van der Waals surface area (Å²) < 4.78 is 19.9. The minimum atomic E-state index is -0.324. The predicted octanol–water partition coefficient (Wildman–Crippen LogP) is 6.06. The van der Waals surface area contributed by atoms with E-state index in [0.717, 1.165) is 43.7 Å². The summed E-state index contributed by atoms with van der Waals surface area (Å²) in [5.41, 5.74) is 1.66. The zero-order chi connectivity index (χ0) is 27.4. The summed E-state index contributed by atoms with van der Waals surface area (Å²) in [6, 6.07) is 19.8. The molecule has 8 heteroatoms. The smallest absolute Gasteiger partial charge is 0.225 e. The maximum atomic E-state index is 13.8. The Morgan fingerprint density at radius 3 is 2.54 bits per heavy atom. The fourth-order valence-electron chi connectivity index (χ4n) is 5.89. The van der Waals surface area contributed by atoms with E-state index in [1.807, 2.05) is 42.2 Å². The highest BCUT2D eigenvalue weighted by Crippen LogP contribution is 2.38. The molecule has 2 aliphatic heterocycles. The minimum absolute atomic E-state index is 0.0250. The van der Waals surface area contributed by atoms with Gasteiger partial charge in [0, 0.05) is 61.2 Å². The van der Waals surface area contributed by atoms with Crippen LogP contribution in [0.3, 0.4) is 0 Å². The number of anilines is 1. The first-order chi connectivity index (χ1) is 18.9. The number of piperidine rings is 2. The molecule has 5 rings (SSSR count). The Morgan fingerprint density at radius 1 is 1.10 bits per heavy atom. The molecule has 2 aliphatic rings. The summed E-state index contributed by atoms with van der Waals surface area (Å²) in [5, 5.41) is 9.69. The maximum Gasteiger partial charge on any atom is 0.225 e. The summed E-state index contributed by atoms with van der Waals surface area (Å²) >= 11 is 6.18. The van der Waals surface area contributed by atoms with E-state index in [1.54, 1.807) is 24.4 Å². The molecule has 0 N–H and O–H groups in total. The van der Waals surface area contributed by atoms with Gasteiger partial charge in [0.25, 0.3) is 0 Å². The van der Waals surface area contributed by atoms with Gasteiger partial charge in [-0.1, -0.05) is 29.8 Å². The lowest BCUT2D eigenvalue weighted by Crippen LogP contribution is -2.49. The molecule has 0 radical (unpaired) electrons. The number of likely N-dealkylation sites (tertiary alicyclic amines) is 1. The van der Waals surface area contributed by atoms with Crippen molar-refractivity contribution in [1.29, 1.82) is 5.26 Å². The molecule has 3 heterocycles. The van der Waals surface area contributed by atoms with Crippen LogP contribution in [-0.2, 0) is 4.79 Å². The number of hydrogen-bond donors (Lipinski definition) is 0. The van der Waals surface area contributed by atoms with Gasteiger partial charge in [0.1, 0.15) is 23.5 Å². The van der Waals surface area contributed by atoms with Gasteiger partial charge in [-0.25, -0.2) is 9.37 Å². The highest BCUT2D eigenvalue weighted by molar-refractivity contribution is 6.30. The van der Waals surface area contributed by atoms with E-state index < -0.39 is 0 Å². The Bertz CT molecular complexity index is 1320. The molecular weight excluding hydrogens is 515 g/mol. The van der Waals surface area contributed by atoms with Crippen molar-refractivity contribution in [2.45, 2.75) is 38.2 Å².